The van der Waals surface area contributed by atoms with E-state index in [1.807, 2.05) is 32.1 Å². The fourth-order valence-electron chi connectivity index (χ4n) is 4.18. The summed E-state index contributed by atoms with van der Waals surface area (Å²) in [6, 6.07) is 8.95. The minimum absolute atomic E-state index is 0.0944. The zero-order valence-corrected chi connectivity index (χ0v) is 16.8. The van der Waals surface area contributed by atoms with Gasteiger partial charge >= 0.3 is 0 Å². The van der Waals surface area contributed by atoms with E-state index in [9.17, 15) is 13.2 Å². The second-order valence-corrected chi connectivity index (χ2v) is 7.87. The average molecular weight is 387 g/mol. The Kier molecular flexibility index (Phi) is 6.98. The van der Waals surface area contributed by atoms with Crippen LogP contribution in [0.25, 0.3) is 6.08 Å². The van der Waals surface area contributed by atoms with E-state index in [4.69, 9.17) is 0 Å². The molecule has 1 aliphatic carbocycles. The SMILES string of the molecule is CCCc1ccc(C=CC2CCC(c3ccc(CC)cc3F)CC2)c(F)c1F. The van der Waals surface area contributed by atoms with Gasteiger partial charge in [-0.15, -0.1) is 0 Å². The number of aryl methyl sites for hydroxylation is 2. The molecule has 0 bridgehead atoms. The summed E-state index contributed by atoms with van der Waals surface area (Å²) in [5.41, 5.74) is 2.59. The number of allylic oxidation sites excluding steroid dienone is 1. The van der Waals surface area contributed by atoms with Crippen molar-refractivity contribution in [2.45, 2.75) is 64.7 Å². The number of rotatable bonds is 6. The third kappa shape index (κ3) is 4.68. The molecule has 0 atom stereocenters. The van der Waals surface area contributed by atoms with Gasteiger partial charge in [0.15, 0.2) is 11.6 Å². The Balaban J connectivity index is 1.62. The molecule has 0 radical (unpaired) electrons. The van der Waals surface area contributed by atoms with Gasteiger partial charge in [-0.05, 0) is 73.1 Å². The first kappa shape index (κ1) is 20.7. The molecule has 0 aromatic heterocycles. The van der Waals surface area contributed by atoms with Crippen LogP contribution in [0.5, 0.6) is 0 Å². The Hall–Kier alpha value is -2.03. The second kappa shape index (κ2) is 9.45. The number of hydrogen-bond acceptors (Lipinski definition) is 0. The first-order valence-electron chi connectivity index (χ1n) is 10.5. The van der Waals surface area contributed by atoms with E-state index in [1.54, 1.807) is 24.3 Å². The van der Waals surface area contributed by atoms with Crippen molar-refractivity contribution in [2.24, 2.45) is 5.92 Å². The zero-order chi connectivity index (χ0) is 20.1. The Morgan fingerprint density at radius 2 is 1.68 bits per heavy atom. The third-order valence-electron chi connectivity index (χ3n) is 5.94. The van der Waals surface area contributed by atoms with Crippen molar-refractivity contribution in [3.63, 3.8) is 0 Å². The highest BCUT2D eigenvalue weighted by atomic mass is 19.2. The highest BCUT2D eigenvalue weighted by Crippen LogP contribution is 2.37. The molecular formula is C25H29F3. The topological polar surface area (TPSA) is 0 Å². The fraction of sp³-hybridized carbons (Fsp3) is 0.440. The lowest BCUT2D eigenvalue weighted by atomic mass is 9.78. The van der Waals surface area contributed by atoms with Crippen LogP contribution in [-0.2, 0) is 12.8 Å². The van der Waals surface area contributed by atoms with Crippen molar-refractivity contribution >= 4 is 6.08 Å². The van der Waals surface area contributed by atoms with Gasteiger partial charge in [0.25, 0.3) is 0 Å². The standard InChI is InChI=1S/C25H29F3/c1-3-5-20-13-14-21(25(28)24(20)27)12-8-18-6-10-19(11-7-18)22-15-9-17(4-2)16-23(22)26/h8-9,12-16,18-19H,3-7,10-11H2,1-2H3. The third-order valence-corrected chi connectivity index (χ3v) is 5.94. The molecular weight excluding hydrogens is 357 g/mol. The van der Waals surface area contributed by atoms with Crippen LogP contribution in [0.1, 0.15) is 74.1 Å². The molecule has 0 amide bonds. The van der Waals surface area contributed by atoms with Crippen LogP contribution in [0.3, 0.4) is 0 Å². The van der Waals surface area contributed by atoms with E-state index < -0.39 is 11.6 Å². The van der Waals surface area contributed by atoms with Gasteiger partial charge in [-0.3, -0.25) is 0 Å². The van der Waals surface area contributed by atoms with Crippen LogP contribution in [0, 0.1) is 23.4 Å². The van der Waals surface area contributed by atoms with Crippen molar-refractivity contribution in [1.82, 2.24) is 0 Å². The van der Waals surface area contributed by atoms with Gasteiger partial charge in [0.2, 0.25) is 0 Å². The lowest BCUT2D eigenvalue weighted by Crippen LogP contribution is -2.13. The average Bonchev–Trinajstić information content (AvgIpc) is 2.71. The summed E-state index contributed by atoms with van der Waals surface area (Å²) in [6.07, 6.45) is 9.59. The van der Waals surface area contributed by atoms with Crippen molar-refractivity contribution < 1.29 is 13.2 Å². The summed E-state index contributed by atoms with van der Waals surface area (Å²) in [7, 11) is 0. The molecule has 0 unspecified atom stereocenters. The molecule has 3 heteroatoms. The maximum Gasteiger partial charge on any atom is 0.166 e. The zero-order valence-electron chi connectivity index (χ0n) is 16.8. The molecule has 1 fully saturated rings. The van der Waals surface area contributed by atoms with Gasteiger partial charge in [-0.2, -0.15) is 0 Å². The van der Waals surface area contributed by atoms with Crippen molar-refractivity contribution in [3.05, 3.63) is 76.1 Å². The van der Waals surface area contributed by atoms with Gasteiger partial charge in [-0.25, -0.2) is 13.2 Å². The number of benzene rings is 2. The van der Waals surface area contributed by atoms with Crippen LogP contribution in [0.4, 0.5) is 13.2 Å². The van der Waals surface area contributed by atoms with Crippen LogP contribution in [0.15, 0.2) is 36.4 Å². The molecule has 2 aromatic carbocycles. The number of halogens is 3. The first-order valence-corrected chi connectivity index (χ1v) is 10.5. The van der Waals surface area contributed by atoms with E-state index in [2.05, 4.69) is 0 Å². The predicted molar refractivity (Wildman–Crippen MR) is 110 cm³/mol. The maximum atomic E-state index is 14.4. The maximum absolute atomic E-state index is 14.4. The Morgan fingerprint density at radius 1 is 0.929 bits per heavy atom. The molecule has 3 rings (SSSR count). The molecule has 0 spiro atoms. The summed E-state index contributed by atoms with van der Waals surface area (Å²) >= 11 is 0. The molecule has 1 aliphatic rings. The molecule has 0 saturated heterocycles. The molecule has 0 nitrogen and oxygen atoms in total. The molecule has 28 heavy (non-hydrogen) atoms. The van der Waals surface area contributed by atoms with E-state index in [1.165, 1.54) is 0 Å². The van der Waals surface area contributed by atoms with Crippen LogP contribution in [-0.4, -0.2) is 0 Å². The highest BCUT2D eigenvalue weighted by molar-refractivity contribution is 5.51. The number of hydrogen-bond donors (Lipinski definition) is 0. The summed E-state index contributed by atoms with van der Waals surface area (Å²) in [5, 5.41) is 0. The van der Waals surface area contributed by atoms with Crippen LogP contribution in [0.2, 0.25) is 0 Å². The van der Waals surface area contributed by atoms with E-state index in [-0.39, 0.29) is 11.7 Å². The fourth-order valence-corrected chi connectivity index (χ4v) is 4.18. The molecule has 1 saturated carbocycles. The Labute approximate surface area is 166 Å². The smallest absolute Gasteiger partial charge is 0.166 e. The minimum Gasteiger partial charge on any atom is -0.207 e. The summed E-state index contributed by atoms with van der Waals surface area (Å²) in [6.45, 7) is 3.98. The molecule has 0 heterocycles. The lowest BCUT2D eigenvalue weighted by molar-refractivity contribution is 0.369. The first-order chi connectivity index (χ1) is 13.5. The second-order valence-electron chi connectivity index (χ2n) is 7.87. The summed E-state index contributed by atoms with van der Waals surface area (Å²) in [5.74, 6) is -0.999. The van der Waals surface area contributed by atoms with Crippen molar-refractivity contribution in [2.75, 3.05) is 0 Å². The van der Waals surface area contributed by atoms with Gasteiger partial charge in [-0.1, -0.05) is 56.7 Å². The van der Waals surface area contributed by atoms with Gasteiger partial charge in [0.05, 0.1) is 0 Å². The summed E-state index contributed by atoms with van der Waals surface area (Å²) < 4.78 is 42.7. The van der Waals surface area contributed by atoms with E-state index >= 15 is 0 Å². The predicted octanol–water partition coefficient (Wildman–Crippen LogP) is 7.61. The molecule has 2 aromatic rings. The van der Waals surface area contributed by atoms with E-state index in [0.717, 1.165) is 49.7 Å². The monoisotopic (exact) mass is 386 g/mol. The largest absolute Gasteiger partial charge is 0.207 e. The van der Waals surface area contributed by atoms with Gasteiger partial charge in [0, 0.05) is 5.56 Å². The Morgan fingerprint density at radius 3 is 2.32 bits per heavy atom. The minimum atomic E-state index is -0.756. The van der Waals surface area contributed by atoms with E-state index in [0.29, 0.717) is 23.5 Å². The van der Waals surface area contributed by atoms with Crippen molar-refractivity contribution in [1.29, 1.82) is 0 Å². The van der Waals surface area contributed by atoms with Gasteiger partial charge in [0.1, 0.15) is 5.82 Å². The molecule has 0 N–H and O–H groups in total. The lowest BCUT2D eigenvalue weighted by Gasteiger charge is -2.27. The Bertz CT molecular complexity index is 830. The van der Waals surface area contributed by atoms with Crippen LogP contribution >= 0.6 is 0 Å². The molecule has 150 valence electrons. The molecule has 0 aliphatic heterocycles. The van der Waals surface area contributed by atoms with Crippen LogP contribution < -0.4 is 0 Å². The normalized spacial score (nSPS) is 20.0. The summed E-state index contributed by atoms with van der Waals surface area (Å²) in [4.78, 5) is 0. The van der Waals surface area contributed by atoms with Gasteiger partial charge < -0.3 is 0 Å². The quantitative estimate of drug-likeness (QED) is 0.479. The highest BCUT2D eigenvalue weighted by Gasteiger charge is 2.23. The van der Waals surface area contributed by atoms with Crippen molar-refractivity contribution in [3.8, 4) is 0 Å².